The van der Waals surface area contributed by atoms with Crippen molar-refractivity contribution in [2.45, 2.75) is 103 Å². The zero-order valence-electron chi connectivity index (χ0n) is 23.0. The minimum Gasteiger partial charge on any atom is -0.507 e. The first-order valence-corrected chi connectivity index (χ1v) is 15.4. The van der Waals surface area contributed by atoms with Gasteiger partial charge in [-0.2, -0.15) is 0 Å². The fraction of sp³-hybridized carbons (Fsp3) is 0.515. The molecule has 4 nitrogen and oxygen atoms in total. The van der Waals surface area contributed by atoms with Crippen LogP contribution in [0.5, 0.6) is 0 Å². The van der Waals surface area contributed by atoms with Crippen molar-refractivity contribution in [3.63, 3.8) is 0 Å². The average Bonchev–Trinajstić information content (AvgIpc) is 3.18. The number of amides is 1. The van der Waals surface area contributed by atoms with Crippen LogP contribution in [0.1, 0.15) is 114 Å². The lowest BCUT2D eigenvalue weighted by Gasteiger charge is -2.25. The first kappa shape index (κ1) is 30.1. The van der Waals surface area contributed by atoms with E-state index >= 15 is 0 Å². The molecule has 1 saturated heterocycles. The molecule has 0 bridgehead atoms. The molecule has 1 N–H and O–H groups in total. The number of aliphatic hydroxyl groups is 1. The Hall–Kier alpha value is -2.40. The number of carbonyl (C=O) groups excluding carboxylic acids is 2. The number of rotatable bonds is 17. The minimum atomic E-state index is -0.607. The molecule has 0 aromatic heterocycles. The summed E-state index contributed by atoms with van der Waals surface area (Å²) in [6.45, 7) is 2.78. The molecule has 0 aliphatic carbocycles. The van der Waals surface area contributed by atoms with Gasteiger partial charge in [-0.1, -0.05) is 149 Å². The van der Waals surface area contributed by atoms with E-state index < -0.39 is 17.7 Å². The summed E-state index contributed by atoms with van der Waals surface area (Å²) >= 11 is 3.40. The third-order valence-corrected chi connectivity index (χ3v) is 8.05. The van der Waals surface area contributed by atoms with Gasteiger partial charge in [-0.3, -0.25) is 9.59 Å². The molecular formula is C33H44BrNO3. The molecule has 1 aliphatic heterocycles. The van der Waals surface area contributed by atoms with Crippen LogP contribution in [0, 0.1) is 0 Å². The van der Waals surface area contributed by atoms with Crippen LogP contribution in [0.2, 0.25) is 0 Å². The smallest absolute Gasteiger partial charge is 0.295 e. The van der Waals surface area contributed by atoms with Crippen molar-refractivity contribution in [3.05, 3.63) is 75.8 Å². The number of ketones is 1. The fourth-order valence-electron chi connectivity index (χ4n) is 5.33. The van der Waals surface area contributed by atoms with Gasteiger partial charge in [0.2, 0.25) is 0 Å². The molecule has 0 radical (unpaired) electrons. The Bertz CT molecular complexity index is 1030. The Kier molecular flexibility index (Phi) is 13.1. The van der Waals surface area contributed by atoms with Crippen LogP contribution in [0.4, 0.5) is 0 Å². The highest BCUT2D eigenvalue weighted by Gasteiger charge is 2.45. The molecule has 2 aromatic carbocycles. The Morgan fingerprint density at radius 1 is 0.737 bits per heavy atom. The SMILES string of the molecule is CCCCCCCCCCCCCCCCN1C(=O)C(=O)/C(=C(/O)c2ccc(Br)cc2)C1c1ccccc1. The van der Waals surface area contributed by atoms with Gasteiger partial charge in [-0.25, -0.2) is 0 Å². The molecule has 38 heavy (non-hydrogen) atoms. The van der Waals surface area contributed by atoms with Crippen LogP contribution < -0.4 is 0 Å². The van der Waals surface area contributed by atoms with Gasteiger partial charge in [0.25, 0.3) is 11.7 Å². The Balaban J connectivity index is 1.49. The summed E-state index contributed by atoms with van der Waals surface area (Å²) in [5.74, 6) is -1.25. The highest BCUT2D eigenvalue weighted by molar-refractivity contribution is 9.10. The molecule has 2 aromatic rings. The van der Waals surface area contributed by atoms with E-state index in [1.165, 1.54) is 70.6 Å². The largest absolute Gasteiger partial charge is 0.507 e. The van der Waals surface area contributed by atoms with E-state index in [1.807, 2.05) is 42.5 Å². The normalized spacial score (nSPS) is 16.9. The number of carbonyl (C=O) groups is 2. The molecule has 5 heteroatoms. The summed E-state index contributed by atoms with van der Waals surface area (Å²) in [5, 5.41) is 11.1. The Labute approximate surface area is 237 Å². The standard InChI is InChI=1S/C33H44BrNO3/c1-2-3-4-5-6-7-8-9-10-11-12-13-14-18-25-35-30(26-19-16-15-17-20-26)29(32(37)33(35)38)31(36)27-21-23-28(34)24-22-27/h15-17,19-24,30,36H,2-14,18,25H2,1H3/b31-29+. The molecule has 1 unspecified atom stereocenters. The third kappa shape index (κ3) is 8.83. The monoisotopic (exact) mass is 581 g/mol. The summed E-state index contributed by atoms with van der Waals surface area (Å²) < 4.78 is 0.881. The zero-order chi connectivity index (χ0) is 27.2. The summed E-state index contributed by atoms with van der Waals surface area (Å²) in [5.41, 5.74) is 1.55. The highest BCUT2D eigenvalue weighted by atomic mass is 79.9. The maximum Gasteiger partial charge on any atom is 0.295 e. The minimum absolute atomic E-state index is 0.117. The van der Waals surface area contributed by atoms with Crippen molar-refractivity contribution >= 4 is 33.4 Å². The predicted molar refractivity (Wildman–Crippen MR) is 160 cm³/mol. The van der Waals surface area contributed by atoms with Gasteiger partial charge in [0.1, 0.15) is 5.76 Å². The van der Waals surface area contributed by atoms with Crippen molar-refractivity contribution < 1.29 is 14.7 Å². The lowest BCUT2D eigenvalue weighted by molar-refractivity contribution is -0.139. The molecule has 1 amide bonds. The Morgan fingerprint density at radius 2 is 1.24 bits per heavy atom. The van der Waals surface area contributed by atoms with Crippen LogP contribution >= 0.6 is 15.9 Å². The number of unbranched alkanes of at least 4 members (excludes halogenated alkanes) is 13. The van der Waals surface area contributed by atoms with E-state index in [1.54, 1.807) is 17.0 Å². The lowest BCUT2D eigenvalue weighted by atomic mass is 9.95. The van der Waals surface area contributed by atoms with Gasteiger partial charge >= 0.3 is 0 Å². The molecule has 0 saturated carbocycles. The number of aliphatic hydroxyl groups excluding tert-OH is 1. The molecule has 0 spiro atoms. The molecule has 1 fully saturated rings. The van der Waals surface area contributed by atoms with Crippen LogP contribution in [0.15, 0.2) is 64.6 Å². The summed E-state index contributed by atoms with van der Waals surface area (Å²) in [4.78, 5) is 27.8. The number of Topliss-reactive ketones (excluding diaryl/α,β-unsaturated/α-hetero) is 1. The topological polar surface area (TPSA) is 57.6 Å². The van der Waals surface area contributed by atoms with E-state index in [2.05, 4.69) is 22.9 Å². The average molecular weight is 583 g/mol. The van der Waals surface area contributed by atoms with E-state index in [9.17, 15) is 14.7 Å². The second kappa shape index (κ2) is 16.5. The summed E-state index contributed by atoms with van der Waals surface area (Å²) in [6.07, 6.45) is 17.8. The van der Waals surface area contributed by atoms with Crippen molar-refractivity contribution in [3.8, 4) is 0 Å². The van der Waals surface area contributed by atoms with E-state index in [0.717, 1.165) is 29.3 Å². The number of likely N-dealkylation sites (tertiary alicyclic amines) is 1. The maximum atomic E-state index is 13.1. The van der Waals surface area contributed by atoms with Crippen molar-refractivity contribution in [2.75, 3.05) is 6.54 Å². The van der Waals surface area contributed by atoms with Crippen molar-refractivity contribution in [1.82, 2.24) is 4.90 Å². The van der Waals surface area contributed by atoms with Crippen LogP contribution in [0.25, 0.3) is 5.76 Å². The van der Waals surface area contributed by atoms with Gasteiger partial charge in [0.05, 0.1) is 11.6 Å². The van der Waals surface area contributed by atoms with Crippen molar-refractivity contribution in [2.24, 2.45) is 0 Å². The maximum absolute atomic E-state index is 13.1. The van der Waals surface area contributed by atoms with E-state index in [0.29, 0.717) is 12.1 Å². The lowest BCUT2D eigenvalue weighted by Crippen LogP contribution is -2.30. The first-order valence-electron chi connectivity index (χ1n) is 14.6. The third-order valence-electron chi connectivity index (χ3n) is 7.53. The van der Waals surface area contributed by atoms with E-state index in [4.69, 9.17) is 0 Å². The zero-order valence-corrected chi connectivity index (χ0v) is 24.6. The second-order valence-corrected chi connectivity index (χ2v) is 11.4. The summed E-state index contributed by atoms with van der Waals surface area (Å²) in [7, 11) is 0. The van der Waals surface area contributed by atoms with Gasteiger partial charge in [-0.05, 0) is 24.1 Å². The van der Waals surface area contributed by atoms with Gasteiger partial charge < -0.3 is 10.0 Å². The van der Waals surface area contributed by atoms with Gasteiger partial charge in [0, 0.05) is 16.6 Å². The second-order valence-electron chi connectivity index (χ2n) is 10.5. The molecular weight excluding hydrogens is 538 g/mol. The molecule has 1 heterocycles. The highest BCUT2D eigenvalue weighted by Crippen LogP contribution is 2.39. The molecule has 206 valence electrons. The van der Waals surface area contributed by atoms with Crippen LogP contribution in [-0.2, 0) is 9.59 Å². The number of nitrogens with zero attached hydrogens (tertiary/aromatic N) is 1. The predicted octanol–water partition coefficient (Wildman–Crippen LogP) is 9.35. The summed E-state index contributed by atoms with van der Waals surface area (Å²) in [6, 6.07) is 16.1. The number of hydrogen-bond acceptors (Lipinski definition) is 3. The molecule has 1 aliphatic rings. The molecule has 3 rings (SSSR count). The van der Waals surface area contributed by atoms with Crippen LogP contribution in [-0.4, -0.2) is 28.2 Å². The Morgan fingerprint density at radius 3 is 1.76 bits per heavy atom. The van der Waals surface area contributed by atoms with E-state index in [-0.39, 0.29) is 11.3 Å². The quantitative estimate of drug-likeness (QED) is 0.0875. The van der Waals surface area contributed by atoms with Gasteiger partial charge in [0.15, 0.2) is 0 Å². The van der Waals surface area contributed by atoms with Crippen LogP contribution in [0.3, 0.4) is 0 Å². The number of benzene rings is 2. The van der Waals surface area contributed by atoms with Crippen molar-refractivity contribution in [1.29, 1.82) is 0 Å². The fourth-order valence-corrected chi connectivity index (χ4v) is 5.60. The number of halogens is 1. The first-order chi connectivity index (χ1) is 18.5. The molecule has 1 atom stereocenters. The number of hydrogen-bond donors (Lipinski definition) is 1. The van der Waals surface area contributed by atoms with Gasteiger partial charge in [-0.15, -0.1) is 0 Å².